The average molecular weight is 319 g/mol. The third-order valence-corrected chi connectivity index (χ3v) is 2.61. The zero-order valence-corrected chi connectivity index (χ0v) is 11.9. The minimum absolute atomic E-state index is 0.295. The quantitative estimate of drug-likeness (QED) is 0.616. The molecule has 1 N–H and O–H groups in total. The molecule has 1 rings (SSSR count). The summed E-state index contributed by atoms with van der Waals surface area (Å²) in [6, 6.07) is 7.35. The first-order valence-corrected chi connectivity index (χ1v) is 6.40. The Morgan fingerprint density at radius 2 is 1.86 bits per heavy atom. The molecule has 0 bridgehead atoms. The molecule has 0 aliphatic heterocycles. The van der Waals surface area contributed by atoms with Crippen molar-refractivity contribution in [2.75, 3.05) is 20.3 Å². The Kier molecular flexibility index (Phi) is 6.84. The van der Waals surface area contributed by atoms with Gasteiger partial charge in [0.15, 0.2) is 6.04 Å². The Morgan fingerprint density at radius 3 is 2.41 bits per heavy atom. The summed E-state index contributed by atoms with van der Waals surface area (Å²) in [4.78, 5) is 23.4. The maximum atomic E-state index is 11.9. The molecule has 5 nitrogen and oxygen atoms in total. The normalized spacial score (nSPS) is 12.5. The molecule has 0 heterocycles. The molecule has 0 aliphatic rings. The van der Waals surface area contributed by atoms with Crippen LogP contribution in [0.15, 0.2) is 30.3 Å². The number of alkyl halides is 3. The summed E-state index contributed by atoms with van der Waals surface area (Å²) in [7, 11) is 1.18. The van der Waals surface area contributed by atoms with Crippen LogP contribution in [0.1, 0.15) is 18.0 Å². The van der Waals surface area contributed by atoms with Crippen LogP contribution >= 0.6 is 0 Å². The smallest absolute Gasteiger partial charge is 0.411 e. The highest BCUT2D eigenvalue weighted by atomic mass is 19.4. The maximum Gasteiger partial charge on any atom is 0.411 e. The summed E-state index contributed by atoms with van der Waals surface area (Å²) in [5.74, 6) is -1.28. The van der Waals surface area contributed by atoms with E-state index in [4.69, 9.17) is 0 Å². The number of halogens is 3. The molecule has 0 saturated carbocycles. The van der Waals surface area contributed by atoms with Gasteiger partial charge < -0.3 is 14.8 Å². The lowest BCUT2D eigenvalue weighted by atomic mass is 10.1. The highest BCUT2D eigenvalue weighted by Crippen LogP contribution is 2.15. The first-order valence-electron chi connectivity index (χ1n) is 6.40. The number of hydrogen-bond acceptors (Lipinski definition) is 4. The van der Waals surface area contributed by atoms with Crippen LogP contribution < -0.4 is 5.32 Å². The lowest BCUT2D eigenvalue weighted by Crippen LogP contribution is -2.35. The number of methoxy groups -OCH3 is 1. The minimum Gasteiger partial charge on any atom is -0.467 e. The van der Waals surface area contributed by atoms with Gasteiger partial charge in [0.2, 0.25) is 5.91 Å². The van der Waals surface area contributed by atoms with Crippen LogP contribution in [0.4, 0.5) is 13.2 Å². The van der Waals surface area contributed by atoms with Gasteiger partial charge in [-0.1, -0.05) is 30.3 Å². The Morgan fingerprint density at radius 1 is 1.23 bits per heavy atom. The lowest BCUT2D eigenvalue weighted by Gasteiger charge is -2.17. The van der Waals surface area contributed by atoms with Gasteiger partial charge in [-0.25, -0.2) is 4.79 Å². The molecule has 1 aromatic rings. The molecule has 0 saturated heterocycles. The van der Waals surface area contributed by atoms with Gasteiger partial charge in [-0.05, 0) is 5.56 Å². The fourth-order valence-electron chi connectivity index (χ4n) is 1.63. The Bertz CT molecular complexity index is 491. The summed E-state index contributed by atoms with van der Waals surface area (Å²) < 4.78 is 44.6. The van der Waals surface area contributed by atoms with E-state index in [0.717, 1.165) is 0 Å². The molecular formula is C14H16F3NO4. The fraction of sp³-hybridized carbons (Fsp3) is 0.429. The highest BCUT2D eigenvalue weighted by molar-refractivity contribution is 5.85. The second-order valence-electron chi connectivity index (χ2n) is 4.35. The van der Waals surface area contributed by atoms with E-state index in [-0.39, 0.29) is 6.42 Å². The van der Waals surface area contributed by atoms with Gasteiger partial charge in [-0.2, -0.15) is 13.2 Å². The van der Waals surface area contributed by atoms with Gasteiger partial charge in [-0.15, -0.1) is 0 Å². The first kappa shape index (κ1) is 18.0. The number of ether oxygens (including phenoxy) is 2. The molecule has 1 aromatic carbocycles. The van der Waals surface area contributed by atoms with Crippen LogP contribution in [0.25, 0.3) is 0 Å². The molecule has 0 aliphatic carbocycles. The number of carbonyl (C=O) groups is 2. The molecule has 0 radical (unpaired) electrons. The van der Waals surface area contributed by atoms with Crippen molar-refractivity contribution in [2.24, 2.45) is 0 Å². The van der Waals surface area contributed by atoms with Crippen molar-refractivity contribution in [3.63, 3.8) is 0 Å². The van der Waals surface area contributed by atoms with Crippen molar-refractivity contribution < 1.29 is 32.2 Å². The van der Waals surface area contributed by atoms with Crippen molar-refractivity contribution in [3.8, 4) is 0 Å². The number of nitrogens with one attached hydrogen (secondary N) is 1. The van der Waals surface area contributed by atoms with E-state index < -0.39 is 37.3 Å². The summed E-state index contributed by atoms with van der Waals surface area (Å²) in [6.07, 6.45) is -4.73. The standard InChI is InChI=1S/C14H16F3NO4/c1-21-13(20)12(10-5-3-2-4-6-10)18-11(19)7-8-22-9-14(15,16)17/h2-6,12H,7-9H2,1H3,(H,18,19). The Labute approximate surface area is 125 Å². The number of esters is 1. The van der Waals surface area contributed by atoms with E-state index in [2.05, 4.69) is 14.8 Å². The number of amides is 1. The Balaban J connectivity index is 2.52. The van der Waals surface area contributed by atoms with Gasteiger partial charge in [0.1, 0.15) is 6.61 Å². The number of hydrogen-bond donors (Lipinski definition) is 1. The first-order chi connectivity index (χ1) is 10.3. The third-order valence-electron chi connectivity index (χ3n) is 2.61. The van der Waals surface area contributed by atoms with E-state index in [1.54, 1.807) is 30.3 Å². The van der Waals surface area contributed by atoms with E-state index in [0.29, 0.717) is 5.56 Å². The molecule has 0 fully saturated rings. The summed E-state index contributed by atoms with van der Waals surface area (Å²) in [5.41, 5.74) is 0.513. The van der Waals surface area contributed by atoms with E-state index in [1.807, 2.05) is 0 Å². The summed E-state index contributed by atoms with van der Waals surface area (Å²) >= 11 is 0. The fourth-order valence-corrected chi connectivity index (χ4v) is 1.63. The molecule has 122 valence electrons. The van der Waals surface area contributed by atoms with Crippen LogP contribution in [0.3, 0.4) is 0 Å². The largest absolute Gasteiger partial charge is 0.467 e. The molecule has 22 heavy (non-hydrogen) atoms. The Hall–Kier alpha value is -2.09. The van der Waals surface area contributed by atoms with Crippen molar-refractivity contribution in [3.05, 3.63) is 35.9 Å². The van der Waals surface area contributed by atoms with E-state index in [1.165, 1.54) is 7.11 Å². The maximum absolute atomic E-state index is 11.9. The van der Waals surface area contributed by atoms with Crippen LogP contribution in [0.2, 0.25) is 0 Å². The second-order valence-corrected chi connectivity index (χ2v) is 4.35. The van der Waals surface area contributed by atoms with Crippen LogP contribution in [-0.4, -0.2) is 38.4 Å². The second kappa shape index (κ2) is 8.38. The molecule has 8 heteroatoms. The monoisotopic (exact) mass is 319 g/mol. The third kappa shape index (κ3) is 6.57. The predicted octanol–water partition coefficient (Wildman–Crippen LogP) is 1.99. The summed E-state index contributed by atoms with van der Waals surface area (Å²) in [6.45, 7) is -1.81. The van der Waals surface area contributed by atoms with Gasteiger partial charge in [-0.3, -0.25) is 4.79 Å². The molecular weight excluding hydrogens is 303 g/mol. The average Bonchev–Trinajstić information content (AvgIpc) is 2.48. The molecule has 0 spiro atoms. The van der Waals surface area contributed by atoms with Gasteiger partial charge in [0, 0.05) is 6.42 Å². The topological polar surface area (TPSA) is 64.6 Å². The number of rotatable bonds is 7. The van der Waals surface area contributed by atoms with Crippen molar-refractivity contribution in [1.29, 1.82) is 0 Å². The zero-order valence-electron chi connectivity index (χ0n) is 11.9. The van der Waals surface area contributed by atoms with E-state index >= 15 is 0 Å². The minimum atomic E-state index is -4.44. The van der Waals surface area contributed by atoms with Crippen molar-refractivity contribution in [2.45, 2.75) is 18.6 Å². The van der Waals surface area contributed by atoms with Crippen LogP contribution in [-0.2, 0) is 19.1 Å². The number of carbonyl (C=O) groups excluding carboxylic acids is 2. The van der Waals surface area contributed by atoms with Gasteiger partial charge in [0.25, 0.3) is 0 Å². The zero-order chi connectivity index (χ0) is 16.6. The van der Waals surface area contributed by atoms with Crippen LogP contribution in [0.5, 0.6) is 0 Å². The highest BCUT2D eigenvalue weighted by Gasteiger charge is 2.27. The van der Waals surface area contributed by atoms with E-state index in [9.17, 15) is 22.8 Å². The van der Waals surface area contributed by atoms with Gasteiger partial charge in [0.05, 0.1) is 13.7 Å². The molecule has 1 unspecified atom stereocenters. The summed E-state index contributed by atoms with van der Waals surface area (Å²) in [5, 5.41) is 2.41. The van der Waals surface area contributed by atoms with Crippen molar-refractivity contribution >= 4 is 11.9 Å². The molecule has 0 aromatic heterocycles. The lowest BCUT2D eigenvalue weighted by molar-refractivity contribution is -0.174. The molecule has 1 atom stereocenters. The SMILES string of the molecule is COC(=O)C(NC(=O)CCOCC(F)(F)F)c1ccccc1. The molecule has 1 amide bonds. The van der Waals surface area contributed by atoms with Crippen LogP contribution in [0, 0.1) is 0 Å². The van der Waals surface area contributed by atoms with Gasteiger partial charge >= 0.3 is 12.1 Å². The predicted molar refractivity (Wildman–Crippen MR) is 70.8 cm³/mol. The van der Waals surface area contributed by atoms with Crippen molar-refractivity contribution in [1.82, 2.24) is 5.32 Å². The number of benzene rings is 1.